The van der Waals surface area contributed by atoms with E-state index in [9.17, 15) is 53.2 Å². The molecule has 4 aromatic carbocycles. The van der Waals surface area contributed by atoms with Gasteiger partial charge in [-0.1, -0.05) is 83.9 Å². The maximum absolute atomic E-state index is 16.1. The summed E-state index contributed by atoms with van der Waals surface area (Å²) in [7, 11) is -16.3. The van der Waals surface area contributed by atoms with Crippen LogP contribution in [0.2, 0.25) is 8.67 Å². The van der Waals surface area contributed by atoms with Crippen molar-refractivity contribution in [3.63, 3.8) is 0 Å². The SMILES string of the molecule is CS(=O)(=O)c1c(-c2ccccc2)ccc(N2CC[C@H](N(CCN3CCOCC3)S(=O)(=O)/C=C/c3ccc(Cl)s3)C2=O)c1F.CS(=O)(=O)c1ccccc1-c1ccc(N2CC[C@H](N(C(=O)O)S(=O)(=O)/C=C/c3ccc(Cl)s3)C2=O)c(F)c1. The van der Waals surface area contributed by atoms with Gasteiger partial charge in [-0.25, -0.2) is 47.2 Å². The van der Waals surface area contributed by atoms with Gasteiger partial charge in [-0.2, -0.15) is 8.61 Å². The first-order valence-corrected chi connectivity index (χ1v) is 33.7. The van der Waals surface area contributed by atoms with E-state index in [-0.39, 0.29) is 69.7 Å². The Kier molecular flexibility index (Phi) is 19.1. The Morgan fingerprint density at radius 2 is 1.22 bits per heavy atom. The average Bonchev–Trinajstić information content (AvgIpc) is 4.44. The minimum Gasteiger partial charge on any atom is -0.464 e. The summed E-state index contributed by atoms with van der Waals surface area (Å²) in [6, 6.07) is 25.0. The number of amides is 3. The van der Waals surface area contributed by atoms with Crippen molar-refractivity contribution in [2.75, 3.05) is 74.8 Å². The topological polar surface area (TPSA) is 233 Å². The molecule has 3 aliphatic heterocycles. The zero-order chi connectivity index (χ0) is 58.6. The molecule has 0 saturated carbocycles. The van der Waals surface area contributed by atoms with E-state index in [2.05, 4.69) is 4.90 Å². The summed E-state index contributed by atoms with van der Waals surface area (Å²) in [5, 5.41) is 11.4. The highest BCUT2D eigenvalue weighted by atomic mass is 35.5. The quantitative estimate of drug-likeness (QED) is 0.0898. The molecule has 3 saturated heterocycles. The molecule has 0 aliphatic carbocycles. The van der Waals surface area contributed by atoms with Gasteiger partial charge in [0.05, 0.1) is 43.6 Å². The Balaban J connectivity index is 0.000000214. The molecule has 3 aliphatic rings. The molecule has 3 fully saturated rings. The first-order valence-electron chi connectivity index (χ1n) is 24.5. The number of carbonyl (C=O) groups is 3. The number of benzene rings is 4. The average molecular weight is 1270 g/mol. The molecule has 0 radical (unpaired) electrons. The molecule has 2 atom stereocenters. The van der Waals surface area contributed by atoms with Gasteiger partial charge in [0.25, 0.3) is 15.9 Å². The lowest BCUT2D eigenvalue weighted by Gasteiger charge is -2.31. The van der Waals surface area contributed by atoms with Gasteiger partial charge in [-0.15, -0.1) is 22.7 Å². The van der Waals surface area contributed by atoms with E-state index in [1.54, 1.807) is 66.7 Å². The van der Waals surface area contributed by atoms with E-state index in [1.807, 2.05) is 0 Å². The summed E-state index contributed by atoms with van der Waals surface area (Å²) < 4.78 is 142. The minimum absolute atomic E-state index is 0.00430. The normalized spacial score (nSPS) is 17.6. The Morgan fingerprint density at radius 1 is 0.667 bits per heavy atom. The Morgan fingerprint density at radius 3 is 1.79 bits per heavy atom. The molecule has 6 aromatic rings. The zero-order valence-corrected chi connectivity index (χ0v) is 49.4. The van der Waals surface area contributed by atoms with Crippen molar-refractivity contribution in [1.82, 2.24) is 13.5 Å². The number of nitrogens with zero attached hydrogens (tertiary/aromatic N) is 5. The summed E-state index contributed by atoms with van der Waals surface area (Å²) in [6.07, 6.45) is 2.62. The van der Waals surface area contributed by atoms with Crippen molar-refractivity contribution in [2.24, 2.45) is 0 Å². The highest BCUT2D eigenvalue weighted by Crippen LogP contribution is 2.38. The number of anilines is 2. The number of sulfonamides is 2. The minimum atomic E-state index is -4.59. The summed E-state index contributed by atoms with van der Waals surface area (Å²) in [6.45, 7) is 2.62. The van der Waals surface area contributed by atoms with Crippen molar-refractivity contribution in [2.45, 2.75) is 34.7 Å². The zero-order valence-electron chi connectivity index (χ0n) is 43.0. The monoisotopic (exact) mass is 1270 g/mol. The van der Waals surface area contributed by atoms with Crippen LogP contribution in [0, 0.1) is 11.6 Å². The number of hydrogen-bond acceptors (Lipinski definition) is 15. The van der Waals surface area contributed by atoms with Crippen LogP contribution in [0.4, 0.5) is 25.0 Å². The maximum Gasteiger partial charge on any atom is 0.422 e. The molecule has 1 N–H and O–H groups in total. The van der Waals surface area contributed by atoms with Crippen molar-refractivity contribution < 1.29 is 66.7 Å². The molecule has 0 unspecified atom stereocenters. The smallest absolute Gasteiger partial charge is 0.422 e. The lowest BCUT2D eigenvalue weighted by molar-refractivity contribution is -0.120. The number of hydrogen-bond donors (Lipinski definition) is 1. The van der Waals surface area contributed by atoms with Crippen LogP contribution >= 0.6 is 45.9 Å². The summed E-state index contributed by atoms with van der Waals surface area (Å²) in [5.74, 6) is -3.44. The van der Waals surface area contributed by atoms with Crippen LogP contribution in [0.25, 0.3) is 34.4 Å². The molecule has 9 rings (SSSR count). The van der Waals surface area contributed by atoms with Crippen LogP contribution in [-0.2, 0) is 54.0 Å². The summed E-state index contributed by atoms with van der Waals surface area (Å²) in [5.41, 5.74) is 0.822. The molecule has 3 amide bonds. The molecule has 18 nitrogen and oxygen atoms in total. The van der Waals surface area contributed by atoms with Crippen molar-refractivity contribution >= 4 is 127 Å². The molecule has 5 heterocycles. The Hall–Kier alpha value is -5.91. The summed E-state index contributed by atoms with van der Waals surface area (Å²) >= 11 is 14.1. The van der Waals surface area contributed by atoms with Gasteiger partial charge in [0.15, 0.2) is 25.5 Å². The van der Waals surface area contributed by atoms with E-state index in [0.29, 0.717) is 62.2 Å². The van der Waals surface area contributed by atoms with E-state index < -0.39 is 86.2 Å². The molecule has 0 bridgehead atoms. The third-order valence-corrected chi connectivity index (χ3v) is 20.9. The van der Waals surface area contributed by atoms with E-state index >= 15 is 8.78 Å². The molecular weight excluding hydrogens is 1220 g/mol. The number of carbonyl (C=O) groups excluding carboxylic acids is 2. The predicted molar refractivity (Wildman–Crippen MR) is 310 cm³/mol. The lowest BCUT2D eigenvalue weighted by atomic mass is 10.0. The van der Waals surface area contributed by atoms with Crippen LogP contribution in [0.15, 0.2) is 130 Å². The third kappa shape index (κ3) is 14.3. The van der Waals surface area contributed by atoms with Crippen LogP contribution in [0.1, 0.15) is 22.6 Å². The maximum atomic E-state index is 16.1. The number of rotatable bonds is 17. The van der Waals surface area contributed by atoms with Gasteiger partial charge in [0, 0.05) is 78.1 Å². The highest BCUT2D eigenvalue weighted by molar-refractivity contribution is 7.93. The first kappa shape index (κ1) is 61.2. The number of ether oxygens (including phenoxy) is 1. The second kappa shape index (κ2) is 25.3. The fraction of sp³-hybridized carbons (Fsp3) is 0.264. The first-order chi connectivity index (χ1) is 38.2. The lowest BCUT2D eigenvalue weighted by Crippen LogP contribution is -2.49. The molecular formula is C53H51Cl2F2N5O13S6. The van der Waals surface area contributed by atoms with Gasteiger partial charge in [0.2, 0.25) is 15.9 Å². The third-order valence-electron chi connectivity index (χ3n) is 13.2. The van der Waals surface area contributed by atoms with E-state index in [1.165, 1.54) is 59.9 Å². The van der Waals surface area contributed by atoms with Crippen LogP contribution in [-0.4, -0.2) is 147 Å². The van der Waals surface area contributed by atoms with Crippen LogP contribution in [0.5, 0.6) is 0 Å². The molecule has 81 heavy (non-hydrogen) atoms. The van der Waals surface area contributed by atoms with Crippen LogP contribution < -0.4 is 9.80 Å². The fourth-order valence-electron chi connectivity index (χ4n) is 9.41. The molecule has 0 spiro atoms. The second-order valence-corrected chi connectivity index (χ2v) is 29.5. The Bertz CT molecular complexity index is 3900. The van der Waals surface area contributed by atoms with Crippen molar-refractivity contribution in [3.05, 3.63) is 150 Å². The van der Waals surface area contributed by atoms with Gasteiger partial charge in [0.1, 0.15) is 22.8 Å². The van der Waals surface area contributed by atoms with Crippen LogP contribution in [0.3, 0.4) is 0 Å². The van der Waals surface area contributed by atoms with Crippen molar-refractivity contribution in [3.8, 4) is 22.3 Å². The van der Waals surface area contributed by atoms with E-state index in [4.69, 9.17) is 27.9 Å². The van der Waals surface area contributed by atoms with E-state index in [0.717, 1.165) is 49.4 Å². The second-order valence-electron chi connectivity index (χ2n) is 18.6. The van der Waals surface area contributed by atoms with Crippen molar-refractivity contribution in [1.29, 1.82) is 0 Å². The van der Waals surface area contributed by atoms with Gasteiger partial charge >= 0.3 is 6.09 Å². The summed E-state index contributed by atoms with van der Waals surface area (Å²) in [4.78, 5) is 43.6. The number of halogens is 4. The van der Waals surface area contributed by atoms with Gasteiger partial charge in [-0.05, 0) is 84.7 Å². The predicted octanol–water partition coefficient (Wildman–Crippen LogP) is 9.05. The standard InChI is InChI=1S/C29H31ClFN3O6S3.C24H20ClFN2O7S3/c1-42(36,37)28-23(21-5-3-2-4-6-21)8-9-24(27(28)31)33-13-11-25(29(33)35)34(15-14-32-16-18-40-19-17-32)43(38,39)20-12-22-7-10-26(30)41-22;1-37(32,33)21-5-3-2-4-17(21)15-6-8-19(18(26)14-15)27-12-10-20(23(27)29)28(24(30)31)38(34,35)13-11-16-7-9-22(25)36-16/h2-10,12,20,25H,11,13-19H2,1H3;2-9,11,13-14,20H,10,12H2,1H3,(H,30,31)/b20-12+;13-11+/t25-;20-/m00/s1. The fourth-order valence-corrected chi connectivity index (χ4v) is 16.0. The molecule has 28 heteroatoms. The number of thiophene rings is 2. The largest absolute Gasteiger partial charge is 0.464 e. The number of carboxylic acid groups (broad SMARTS) is 1. The number of sulfone groups is 2. The Labute approximate surface area is 485 Å². The number of morpholine rings is 1. The molecule has 2 aromatic heterocycles. The molecule has 430 valence electrons. The van der Waals surface area contributed by atoms with Gasteiger partial charge in [-0.3, -0.25) is 14.5 Å². The van der Waals surface area contributed by atoms with Gasteiger partial charge < -0.3 is 19.6 Å². The highest BCUT2D eigenvalue weighted by Gasteiger charge is 2.45.